The minimum absolute atomic E-state index is 0.216. The van der Waals surface area contributed by atoms with Gasteiger partial charge in [-0.25, -0.2) is 4.98 Å². The number of carbonyl (C=O) groups is 1. The van der Waals surface area contributed by atoms with E-state index in [1.807, 2.05) is 36.0 Å². The lowest BCUT2D eigenvalue weighted by molar-refractivity contribution is -0.125. The van der Waals surface area contributed by atoms with E-state index in [0.717, 1.165) is 41.0 Å². The molecule has 2 aliphatic heterocycles. The van der Waals surface area contributed by atoms with Gasteiger partial charge in [-0.05, 0) is 24.3 Å². The Hall–Kier alpha value is -1.77. The minimum atomic E-state index is -0.643. The van der Waals surface area contributed by atoms with Gasteiger partial charge in [0.05, 0.1) is 14.9 Å². The highest BCUT2D eigenvalue weighted by Crippen LogP contribution is 2.28. The van der Waals surface area contributed by atoms with Crippen LogP contribution in [-0.4, -0.2) is 47.3 Å². The molecule has 2 aromatic rings. The van der Waals surface area contributed by atoms with Gasteiger partial charge >= 0.3 is 0 Å². The molecule has 1 atom stereocenters. The average molecular weight is 409 g/mol. The smallest absolute Gasteiger partial charge is 0.268 e. The summed E-state index contributed by atoms with van der Waals surface area (Å²) in [6, 6.07) is 7.40. The number of thioether (sulfide) groups is 1. The second-order valence-corrected chi connectivity index (χ2v) is 8.84. The summed E-state index contributed by atoms with van der Waals surface area (Å²) in [7, 11) is 0. The first-order chi connectivity index (χ1) is 12.7. The Morgan fingerprint density at radius 1 is 1.31 bits per heavy atom. The van der Waals surface area contributed by atoms with Crippen LogP contribution in [0.5, 0.6) is 0 Å². The normalized spacial score (nSPS) is 19.8. The summed E-state index contributed by atoms with van der Waals surface area (Å²) in [6.45, 7) is 1.85. The Balaban J connectivity index is 1.43. The van der Waals surface area contributed by atoms with E-state index < -0.39 is 6.10 Å². The Morgan fingerprint density at radius 2 is 2.15 bits per heavy atom. The van der Waals surface area contributed by atoms with E-state index in [0.29, 0.717) is 16.4 Å². The molecule has 2 aromatic heterocycles. The van der Waals surface area contributed by atoms with Crippen molar-refractivity contribution in [3.8, 4) is 0 Å². The number of rotatable bonds is 4. The molecular formula is C17H17ClN4O2S2. The summed E-state index contributed by atoms with van der Waals surface area (Å²) < 4.78 is 0.690. The first-order valence-electron chi connectivity index (χ1n) is 8.27. The molecule has 136 valence electrons. The van der Waals surface area contributed by atoms with E-state index in [-0.39, 0.29) is 5.91 Å². The maximum Gasteiger partial charge on any atom is 0.268 e. The van der Waals surface area contributed by atoms with Crippen molar-refractivity contribution < 1.29 is 9.63 Å². The van der Waals surface area contributed by atoms with E-state index in [1.54, 1.807) is 6.20 Å². The Bertz CT molecular complexity index is 836. The van der Waals surface area contributed by atoms with Gasteiger partial charge in [-0.2, -0.15) is 11.8 Å². The van der Waals surface area contributed by atoms with E-state index >= 15 is 0 Å². The van der Waals surface area contributed by atoms with E-state index in [2.05, 4.69) is 20.4 Å². The average Bonchev–Trinajstić information content (AvgIpc) is 3.32. The molecule has 0 radical (unpaired) electrons. The van der Waals surface area contributed by atoms with Crippen LogP contribution in [0.1, 0.15) is 11.3 Å². The first-order valence-corrected chi connectivity index (χ1v) is 10.6. The molecule has 9 heteroatoms. The number of hydrogen-bond donors (Lipinski definition) is 1. The lowest BCUT2D eigenvalue weighted by Crippen LogP contribution is -2.35. The van der Waals surface area contributed by atoms with Gasteiger partial charge in [0.2, 0.25) is 6.10 Å². The summed E-state index contributed by atoms with van der Waals surface area (Å²) in [5.74, 6) is 2.73. The molecular weight excluding hydrogens is 392 g/mol. The molecule has 6 nitrogen and oxygen atoms in total. The zero-order valence-corrected chi connectivity index (χ0v) is 16.2. The third-order valence-electron chi connectivity index (χ3n) is 4.17. The van der Waals surface area contributed by atoms with Gasteiger partial charge in [0.1, 0.15) is 5.71 Å². The van der Waals surface area contributed by atoms with Gasteiger partial charge in [0, 0.05) is 37.2 Å². The van der Waals surface area contributed by atoms with Crippen LogP contribution in [-0.2, 0) is 9.63 Å². The van der Waals surface area contributed by atoms with Gasteiger partial charge in [-0.15, -0.1) is 11.3 Å². The number of pyridine rings is 1. The number of nitrogens with zero attached hydrogens (tertiary/aromatic N) is 3. The maximum atomic E-state index is 12.6. The van der Waals surface area contributed by atoms with E-state index in [1.165, 1.54) is 11.3 Å². The van der Waals surface area contributed by atoms with Crippen LogP contribution in [0.25, 0.3) is 0 Å². The Labute approximate surface area is 164 Å². The summed E-state index contributed by atoms with van der Waals surface area (Å²) in [6.07, 6.45) is 1.54. The first kappa shape index (κ1) is 17.6. The number of nitrogens with one attached hydrogen (secondary N) is 1. The Kier molecular flexibility index (Phi) is 5.33. The third-order valence-corrected chi connectivity index (χ3v) is 6.40. The second kappa shape index (κ2) is 7.85. The molecule has 2 aliphatic rings. The van der Waals surface area contributed by atoms with Crippen molar-refractivity contribution in [2.45, 2.75) is 12.5 Å². The molecule has 26 heavy (non-hydrogen) atoms. The largest absolute Gasteiger partial charge is 0.382 e. The zero-order valence-electron chi connectivity index (χ0n) is 13.9. The van der Waals surface area contributed by atoms with Crippen LogP contribution in [0.4, 0.5) is 11.5 Å². The second-order valence-electron chi connectivity index (χ2n) is 5.90. The fraction of sp³-hybridized carbons (Fsp3) is 0.353. The third kappa shape index (κ3) is 3.82. The van der Waals surface area contributed by atoms with Gasteiger partial charge in [0.15, 0.2) is 5.82 Å². The fourth-order valence-electron chi connectivity index (χ4n) is 2.87. The van der Waals surface area contributed by atoms with E-state index in [9.17, 15) is 4.79 Å². The molecule has 4 rings (SSSR count). The van der Waals surface area contributed by atoms with Crippen molar-refractivity contribution in [3.05, 3.63) is 39.7 Å². The van der Waals surface area contributed by atoms with Crippen LogP contribution < -0.4 is 10.2 Å². The van der Waals surface area contributed by atoms with Crippen molar-refractivity contribution in [2.24, 2.45) is 5.16 Å². The number of thiophene rings is 1. The lowest BCUT2D eigenvalue weighted by Gasteiger charge is -2.29. The highest BCUT2D eigenvalue weighted by atomic mass is 35.5. The maximum absolute atomic E-state index is 12.6. The predicted octanol–water partition coefficient (Wildman–Crippen LogP) is 3.48. The molecule has 1 unspecified atom stereocenters. The molecule has 0 saturated carbocycles. The Morgan fingerprint density at radius 3 is 2.92 bits per heavy atom. The van der Waals surface area contributed by atoms with Crippen molar-refractivity contribution in [2.75, 3.05) is 34.8 Å². The molecule has 1 fully saturated rings. The zero-order chi connectivity index (χ0) is 17.9. The van der Waals surface area contributed by atoms with Crippen LogP contribution in [0.15, 0.2) is 35.6 Å². The quantitative estimate of drug-likeness (QED) is 0.838. The highest BCUT2D eigenvalue weighted by Gasteiger charge is 2.30. The summed E-state index contributed by atoms with van der Waals surface area (Å²) in [4.78, 5) is 25.6. The lowest BCUT2D eigenvalue weighted by atomic mass is 10.1. The van der Waals surface area contributed by atoms with Crippen LogP contribution in [0, 0.1) is 0 Å². The van der Waals surface area contributed by atoms with Gasteiger partial charge in [-0.3, -0.25) is 4.79 Å². The molecule has 0 spiro atoms. The number of oxime groups is 1. The van der Waals surface area contributed by atoms with Crippen LogP contribution >= 0.6 is 34.7 Å². The molecule has 1 saturated heterocycles. The molecule has 1 N–H and O–H groups in total. The molecule has 4 heterocycles. The monoisotopic (exact) mass is 408 g/mol. The molecule has 0 aromatic carbocycles. The predicted molar refractivity (Wildman–Crippen MR) is 108 cm³/mol. The van der Waals surface area contributed by atoms with Crippen LogP contribution in [0.3, 0.4) is 0 Å². The van der Waals surface area contributed by atoms with Crippen molar-refractivity contribution in [1.82, 2.24) is 4.98 Å². The van der Waals surface area contributed by atoms with Gasteiger partial charge < -0.3 is 15.1 Å². The van der Waals surface area contributed by atoms with Crippen molar-refractivity contribution >= 4 is 57.8 Å². The molecule has 0 bridgehead atoms. The van der Waals surface area contributed by atoms with Crippen molar-refractivity contribution in [3.63, 3.8) is 0 Å². The SMILES string of the molecule is O=C(Nc1cccnc1N1CCSCC1)C1CC(c2ccc(Cl)s2)=NO1. The fourth-order valence-corrected chi connectivity index (χ4v) is 4.80. The number of halogens is 1. The summed E-state index contributed by atoms with van der Waals surface area (Å²) in [5.41, 5.74) is 1.46. The minimum Gasteiger partial charge on any atom is -0.382 e. The summed E-state index contributed by atoms with van der Waals surface area (Å²) >= 11 is 9.33. The topological polar surface area (TPSA) is 66.8 Å². The number of carbonyl (C=O) groups excluding carboxylic acids is 1. The highest BCUT2D eigenvalue weighted by molar-refractivity contribution is 7.99. The number of hydrogen-bond acceptors (Lipinski definition) is 7. The summed E-state index contributed by atoms with van der Waals surface area (Å²) in [5, 5.41) is 7.01. The van der Waals surface area contributed by atoms with Gasteiger partial charge in [-0.1, -0.05) is 16.8 Å². The van der Waals surface area contributed by atoms with E-state index in [4.69, 9.17) is 16.4 Å². The van der Waals surface area contributed by atoms with Crippen molar-refractivity contribution in [1.29, 1.82) is 0 Å². The van der Waals surface area contributed by atoms with Gasteiger partial charge in [0.25, 0.3) is 5.91 Å². The number of amides is 1. The number of aromatic nitrogens is 1. The standard InChI is InChI=1S/C17H17ClN4O2S2/c18-15-4-3-14(26-15)12-10-13(24-21-12)17(23)20-11-2-1-5-19-16(11)22-6-8-25-9-7-22/h1-5,13H,6-10H2,(H,20,23). The number of anilines is 2. The van der Waals surface area contributed by atoms with Crippen LogP contribution in [0.2, 0.25) is 4.34 Å². The molecule has 0 aliphatic carbocycles. The molecule has 1 amide bonds.